The molecule has 4 nitrogen and oxygen atoms in total. The van der Waals surface area contributed by atoms with Crippen molar-refractivity contribution in [1.29, 1.82) is 0 Å². The van der Waals surface area contributed by atoms with Crippen molar-refractivity contribution in [2.45, 2.75) is 0 Å². The molecule has 0 aliphatic rings. The number of nitrogens with one attached hydrogen (secondary N) is 1. The summed E-state index contributed by atoms with van der Waals surface area (Å²) in [6.07, 6.45) is 1.47. The monoisotopic (exact) mass is 245 g/mol. The van der Waals surface area contributed by atoms with Crippen LogP contribution in [0, 0.1) is 0 Å². The summed E-state index contributed by atoms with van der Waals surface area (Å²) >= 11 is 4.61. The first-order valence-corrected chi connectivity index (χ1v) is 5.38. The second-order valence-electron chi connectivity index (χ2n) is 3.49. The van der Waals surface area contributed by atoms with Crippen LogP contribution in [-0.2, 0) is 0 Å². The van der Waals surface area contributed by atoms with Crippen LogP contribution in [0.25, 0.3) is 10.8 Å². The molecule has 5 heteroatoms. The van der Waals surface area contributed by atoms with Crippen molar-refractivity contribution >= 4 is 34.3 Å². The van der Waals surface area contributed by atoms with E-state index in [0.717, 1.165) is 10.8 Å². The summed E-state index contributed by atoms with van der Waals surface area (Å²) in [6, 6.07) is 11.3. The van der Waals surface area contributed by atoms with Gasteiger partial charge in [-0.25, -0.2) is 0 Å². The van der Waals surface area contributed by atoms with E-state index in [-0.39, 0.29) is 10.9 Å². The quantitative estimate of drug-likeness (QED) is 0.428. The van der Waals surface area contributed by atoms with E-state index in [1.54, 1.807) is 6.07 Å². The third-order valence-electron chi connectivity index (χ3n) is 2.27. The van der Waals surface area contributed by atoms with Gasteiger partial charge >= 0.3 is 0 Å². The van der Waals surface area contributed by atoms with Crippen LogP contribution >= 0.6 is 12.2 Å². The molecule has 0 unspecified atom stereocenters. The van der Waals surface area contributed by atoms with Gasteiger partial charge in [0.2, 0.25) is 0 Å². The van der Waals surface area contributed by atoms with E-state index in [2.05, 4.69) is 22.7 Å². The number of benzene rings is 2. The van der Waals surface area contributed by atoms with Gasteiger partial charge in [-0.15, -0.1) is 0 Å². The van der Waals surface area contributed by atoms with Crippen LogP contribution in [-0.4, -0.2) is 16.4 Å². The number of hydrogen-bond donors (Lipinski definition) is 3. The summed E-state index contributed by atoms with van der Waals surface area (Å²) < 4.78 is 0. The zero-order valence-corrected chi connectivity index (χ0v) is 9.74. The number of phenolic OH excluding ortho intramolecular Hbond substituents is 1. The van der Waals surface area contributed by atoms with Gasteiger partial charge in [0.1, 0.15) is 5.75 Å². The largest absolute Gasteiger partial charge is 0.507 e. The van der Waals surface area contributed by atoms with Crippen LogP contribution in [0.2, 0.25) is 0 Å². The van der Waals surface area contributed by atoms with Crippen molar-refractivity contribution in [1.82, 2.24) is 5.43 Å². The second kappa shape index (κ2) is 4.80. The lowest BCUT2D eigenvalue weighted by Gasteiger charge is -2.02. The van der Waals surface area contributed by atoms with E-state index >= 15 is 0 Å². The highest BCUT2D eigenvalue weighted by molar-refractivity contribution is 7.80. The lowest BCUT2D eigenvalue weighted by Crippen LogP contribution is -2.23. The third kappa shape index (κ3) is 2.70. The van der Waals surface area contributed by atoms with Gasteiger partial charge in [-0.3, -0.25) is 5.43 Å². The maximum atomic E-state index is 9.79. The Balaban J connectivity index is 2.37. The summed E-state index contributed by atoms with van der Waals surface area (Å²) in [7, 11) is 0. The molecule has 0 atom stereocenters. The van der Waals surface area contributed by atoms with Crippen LogP contribution < -0.4 is 11.2 Å². The Hall–Kier alpha value is -2.14. The number of nitrogens with two attached hydrogens (primary N) is 1. The summed E-state index contributed by atoms with van der Waals surface area (Å²) in [4.78, 5) is 0. The molecular formula is C12H11N3OS. The van der Waals surface area contributed by atoms with Gasteiger partial charge < -0.3 is 10.8 Å². The molecule has 0 aliphatic carbocycles. The van der Waals surface area contributed by atoms with Crippen molar-refractivity contribution in [3.63, 3.8) is 0 Å². The predicted molar refractivity (Wildman–Crippen MR) is 73.1 cm³/mol. The lowest BCUT2D eigenvalue weighted by atomic mass is 10.1. The van der Waals surface area contributed by atoms with Crippen molar-refractivity contribution in [3.05, 3.63) is 42.0 Å². The molecule has 0 aliphatic heterocycles. The first-order valence-electron chi connectivity index (χ1n) is 4.97. The Kier molecular flexibility index (Phi) is 3.20. The SMILES string of the molecule is NC(=S)N/N=C/c1cc2ccccc2cc1O. The van der Waals surface area contributed by atoms with Crippen LogP contribution in [0.4, 0.5) is 0 Å². The number of thiocarbonyl (C=S) groups is 1. The molecule has 2 aromatic rings. The number of phenols is 1. The second-order valence-corrected chi connectivity index (χ2v) is 3.93. The average molecular weight is 245 g/mol. The minimum atomic E-state index is 0.0847. The number of rotatable bonds is 2. The molecule has 0 fully saturated rings. The summed E-state index contributed by atoms with van der Waals surface area (Å²) in [5.41, 5.74) is 8.27. The van der Waals surface area contributed by atoms with Crippen LogP contribution in [0.15, 0.2) is 41.5 Å². The van der Waals surface area contributed by atoms with Crippen molar-refractivity contribution < 1.29 is 5.11 Å². The third-order valence-corrected chi connectivity index (χ3v) is 2.36. The minimum absolute atomic E-state index is 0.0847. The van der Waals surface area contributed by atoms with E-state index in [9.17, 15) is 5.11 Å². The summed E-state index contributed by atoms with van der Waals surface area (Å²) in [5.74, 6) is 0.164. The summed E-state index contributed by atoms with van der Waals surface area (Å²) in [6.45, 7) is 0. The number of aromatic hydroxyl groups is 1. The van der Waals surface area contributed by atoms with E-state index in [0.29, 0.717) is 5.56 Å². The molecule has 86 valence electrons. The van der Waals surface area contributed by atoms with Gasteiger partial charge in [0.25, 0.3) is 0 Å². The fourth-order valence-electron chi connectivity index (χ4n) is 1.51. The van der Waals surface area contributed by atoms with Gasteiger partial charge in [0.15, 0.2) is 5.11 Å². The lowest BCUT2D eigenvalue weighted by molar-refractivity contribution is 0.475. The van der Waals surface area contributed by atoms with E-state index < -0.39 is 0 Å². The van der Waals surface area contributed by atoms with Crippen molar-refractivity contribution in [2.75, 3.05) is 0 Å². The standard InChI is InChI=1S/C12H11N3OS/c13-12(17)15-14-7-10-5-8-3-1-2-4-9(8)6-11(10)16/h1-7,16H,(H3,13,15,17)/b14-7+. The Morgan fingerprint density at radius 2 is 1.94 bits per heavy atom. The highest BCUT2D eigenvalue weighted by Gasteiger charge is 2.01. The molecule has 0 saturated heterocycles. The Bertz CT molecular complexity index is 595. The smallest absolute Gasteiger partial charge is 0.184 e. The van der Waals surface area contributed by atoms with Crippen molar-refractivity contribution in [3.8, 4) is 5.75 Å². The molecule has 2 rings (SSSR count). The molecule has 0 bridgehead atoms. The first kappa shape index (κ1) is 11.3. The number of nitrogens with zero attached hydrogens (tertiary/aromatic N) is 1. The maximum absolute atomic E-state index is 9.79. The minimum Gasteiger partial charge on any atom is -0.507 e. The molecule has 0 spiro atoms. The van der Waals surface area contributed by atoms with E-state index in [4.69, 9.17) is 5.73 Å². The highest BCUT2D eigenvalue weighted by Crippen LogP contribution is 2.23. The van der Waals surface area contributed by atoms with Gasteiger partial charge in [-0.2, -0.15) is 5.10 Å². The fourth-order valence-corrected chi connectivity index (χ4v) is 1.57. The van der Waals surface area contributed by atoms with Gasteiger partial charge in [0, 0.05) is 5.56 Å². The number of fused-ring (bicyclic) bond motifs is 1. The molecule has 0 radical (unpaired) electrons. The first-order chi connectivity index (χ1) is 8.16. The zero-order valence-electron chi connectivity index (χ0n) is 8.92. The molecule has 4 N–H and O–H groups in total. The maximum Gasteiger partial charge on any atom is 0.184 e. The Morgan fingerprint density at radius 3 is 2.59 bits per heavy atom. The van der Waals surface area contributed by atoms with Crippen molar-refractivity contribution in [2.24, 2.45) is 10.8 Å². The number of hydrazone groups is 1. The molecule has 0 heterocycles. The summed E-state index contributed by atoms with van der Waals surface area (Å²) in [5, 5.41) is 15.7. The van der Waals surface area contributed by atoms with E-state index in [1.165, 1.54) is 6.21 Å². The predicted octanol–water partition coefficient (Wildman–Crippen LogP) is 1.71. The molecule has 0 saturated carbocycles. The van der Waals surface area contributed by atoms with Gasteiger partial charge in [-0.05, 0) is 35.1 Å². The van der Waals surface area contributed by atoms with Gasteiger partial charge in [0.05, 0.1) is 6.21 Å². The number of hydrogen-bond acceptors (Lipinski definition) is 3. The normalized spacial score (nSPS) is 10.8. The Morgan fingerprint density at radius 1 is 1.29 bits per heavy atom. The van der Waals surface area contributed by atoms with E-state index in [1.807, 2.05) is 30.3 Å². The zero-order chi connectivity index (χ0) is 12.3. The molecule has 17 heavy (non-hydrogen) atoms. The van der Waals surface area contributed by atoms with Crippen LogP contribution in [0.3, 0.4) is 0 Å². The average Bonchev–Trinajstić information content (AvgIpc) is 2.29. The van der Waals surface area contributed by atoms with Gasteiger partial charge in [-0.1, -0.05) is 24.3 Å². The topological polar surface area (TPSA) is 70.6 Å². The fraction of sp³-hybridized carbons (Fsp3) is 0. The molecular weight excluding hydrogens is 234 g/mol. The highest BCUT2D eigenvalue weighted by atomic mass is 32.1. The molecule has 0 aromatic heterocycles. The van der Waals surface area contributed by atoms with Crippen LogP contribution in [0.1, 0.15) is 5.56 Å². The molecule has 0 amide bonds. The Labute approximate surface area is 104 Å². The molecule has 2 aromatic carbocycles. The van der Waals surface area contributed by atoms with Crippen LogP contribution in [0.5, 0.6) is 5.75 Å².